The number of carbonyl (C=O) groups excluding carboxylic acids is 2. The lowest BCUT2D eigenvalue weighted by Gasteiger charge is -2.13. The summed E-state index contributed by atoms with van der Waals surface area (Å²) in [5, 5.41) is 2.64. The summed E-state index contributed by atoms with van der Waals surface area (Å²) < 4.78 is 13.0. The number of nitrogens with zero attached hydrogens (tertiary/aromatic N) is 1. The number of nitrogens with one attached hydrogen (secondary N) is 1. The van der Waals surface area contributed by atoms with Crippen LogP contribution >= 0.6 is 0 Å². The van der Waals surface area contributed by atoms with Crippen LogP contribution in [0.5, 0.6) is 0 Å². The van der Waals surface area contributed by atoms with E-state index in [4.69, 9.17) is 0 Å². The number of amides is 3. The van der Waals surface area contributed by atoms with Crippen LogP contribution in [-0.2, 0) is 11.3 Å². The third-order valence-electron chi connectivity index (χ3n) is 3.69. The minimum Gasteiger partial charge on any atom is -0.322 e. The van der Waals surface area contributed by atoms with Crippen LogP contribution in [0.2, 0.25) is 0 Å². The highest BCUT2D eigenvalue weighted by atomic mass is 19.1. The summed E-state index contributed by atoms with van der Waals surface area (Å²) in [5.41, 5.74) is 2.57. The van der Waals surface area contributed by atoms with Gasteiger partial charge in [-0.2, -0.15) is 0 Å². The molecule has 0 aromatic heterocycles. The average Bonchev–Trinajstić information content (AvgIpc) is 2.78. The van der Waals surface area contributed by atoms with Gasteiger partial charge in [0.05, 0.1) is 6.54 Å². The molecule has 1 N–H and O–H groups in total. The van der Waals surface area contributed by atoms with Crippen LogP contribution < -0.4 is 5.32 Å². The molecule has 1 aliphatic heterocycles. The fourth-order valence-corrected chi connectivity index (χ4v) is 2.43. The first-order valence-electron chi connectivity index (χ1n) is 6.97. The van der Waals surface area contributed by atoms with Crippen molar-refractivity contribution < 1.29 is 14.0 Å². The first-order valence-corrected chi connectivity index (χ1v) is 6.97. The van der Waals surface area contributed by atoms with Crippen molar-refractivity contribution in [3.8, 4) is 0 Å². The smallest absolute Gasteiger partial charge is 0.322 e. The summed E-state index contributed by atoms with van der Waals surface area (Å²) in [4.78, 5) is 25.6. The summed E-state index contributed by atoms with van der Waals surface area (Å²) in [6, 6.07) is 12.0. The van der Waals surface area contributed by atoms with E-state index in [-0.39, 0.29) is 18.3 Å². The van der Waals surface area contributed by atoms with Gasteiger partial charge in [0, 0.05) is 0 Å². The summed E-state index contributed by atoms with van der Waals surface area (Å²) >= 11 is 0. The Morgan fingerprint density at radius 1 is 1.05 bits per heavy atom. The minimum atomic E-state index is -0.751. The highest BCUT2D eigenvalue weighted by molar-refractivity contribution is 6.04. The van der Waals surface area contributed by atoms with E-state index in [2.05, 4.69) is 5.32 Å². The maximum Gasteiger partial charge on any atom is 0.325 e. The van der Waals surface area contributed by atoms with Gasteiger partial charge in [-0.05, 0) is 30.2 Å². The summed E-state index contributed by atoms with van der Waals surface area (Å²) in [6.07, 6.45) is 0. The summed E-state index contributed by atoms with van der Waals surface area (Å²) in [5.74, 6) is -0.700. The van der Waals surface area contributed by atoms with E-state index in [0.717, 1.165) is 11.1 Å². The molecule has 3 rings (SSSR count). The fourth-order valence-electron chi connectivity index (χ4n) is 2.43. The molecule has 0 aliphatic carbocycles. The molecule has 0 bridgehead atoms. The molecule has 1 heterocycles. The lowest BCUT2D eigenvalue weighted by atomic mass is 10.1. The summed E-state index contributed by atoms with van der Waals surface area (Å²) in [6.45, 7) is 2.20. The van der Waals surface area contributed by atoms with Crippen LogP contribution in [-0.4, -0.2) is 16.8 Å². The van der Waals surface area contributed by atoms with Crippen LogP contribution in [0, 0.1) is 12.7 Å². The highest BCUT2D eigenvalue weighted by Gasteiger charge is 2.38. The predicted octanol–water partition coefficient (Wildman–Crippen LogP) is 2.93. The average molecular weight is 298 g/mol. The number of urea groups is 1. The van der Waals surface area contributed by atoms with Crippen molar-refractivity contribution in [1.29, 1.82) is 0 Å². The van der Waals surface area contributed by atoms with Gasteiger partial charge in [-0.1, -0.05) is 42.0 Å². The van der Waals surface area contributed by atoms with Gasteiger partial charge < -0.3 is 5.32 Å². The van der Waals surface area contributed by atoms with Gasteiger partial charge in [-0.25, -0.2) is 9.18 Å². The number of halogens is 1. The van der Waals surface area contributed by atoms with Gasteiger partial charge in [-0.3, -0.25) is 9.69 Å². The number of imide groups is 1. The quantitative estimate of drug-likeness (QED) is 0.886. The van der Waals surface area contributed by atoms with Crippen molar-refractivity contribution in [2.45, 2.75) is 19.5 Å². The Balaban J connectivity index is 1.79. The molecular formula is C17H15FN2O2. The maximum atomic E-state index is 13.0. The molecule has 1 fully saturated rings. The number of rotatable bonds is 3. The monoisotopic (exact) mass is 298 g/mol. The Hall–Kier alpha value is -2.69. The normalized spacial score (nSPS) is 17.7. The van der Waals surface area contributed by atoms with E-state index in [1.165, 1.54) is 29.2 Å². The van der Waals surface area contributed by atoms with E-state index in [9.17, 15) is 14.0 Å². The third kappa shape index (κ3) is 2.70. The van der Waals surface area contributed by atoms with E-state index in [0.29, 0.717) is 5.56 Å². The second kappa shape index (κ2) is 5.60. The maximum absolute atomic E-state index is 13.0. The molecule has 1 aliphatic rings. The highest BCUT2D eigenvalue weighted by Crippen LogP contribution is 2.23. The van der Waals surface area contributed by atoms with Crippen molar-refractivity contribution in [2.75, 3.05) is 0 Å². The second-order valence-electron chi connectivity index (χ2n) is 5.34. The van der Waals surface area contributed by atoms with Crippen LogP contribution in [0.15, 0.2) is 48.5 Å². The molecule has 2 aromatic rings. The Labute approximate surface area is 127 Å². The van der Waals surface area contributed by atoms with Crippen LogP contribution in [0.25, 0.3) is 0 Å². The zero-order valence-electron chi connectivity index (χ0n) is 12.0. The molecule has 0 saturated carbocycles. The first-order chi connectivity index (χ1) is 10.5. The Morgan fingerprint density at radius 3 is 2.32 bits per heavy atom. The largest absolute Gasteiger partial charge is 0.325 e. The predicted molar refractivity (Wildman–Crippen MR) is 79.4 cm³/mol. The molecule has 5 heteroatoms. The molecule has 1 saturated heterocycles. The third-order valence-corrected chi connectivity index (χ3v) is 3.69. The lowest BCUT2D eigenvalue weighted by molar-refractivity contribution is -0.128. The number of carbonyl (C=O) groups is 2. The molecule has 2 aromatic carbocycles. The van der Waals surface area contributed by atoms with Gasteiger partial charge in [0.1, 0.15) is 11.9 Å². The number of hydrogen-bond acceptors (Lipinski definition) is 2. The van der Waals surface area contributed by atoms with Gasteiger partial charge in [0.2, 0.25) is 0 Å². The van der Waals surface area contributed by atoms with Gasteiger partial charge >= 0.3 is 6.03 Å². The lowest BCUT2D eigenvalue weighted by Crippen LogP contribution is -2.30. The zero-order valence-corrected chi connectivity index (χ0v) is 12.0. The van der Waals surface area contributed by atoms with Crippen LogP contribution in [0.4, 0.5) is 9.18 Å². The summed E-state index contributed by atoms with van der Waals surface area (Å²) in [7, 11) is 0. The van der Waals surface area contributed by atoms with Crippen molar-refractivity contribution >= 4 is 11.9 Å². The molecule has 1 unspecified atom stereocenters. The standard InChI is InChI=1S/C17H15FN2O2/c1-11-2-4-12(5-3-11)10-20-16(21)15(19-17(20)22)13-6-8-14(18)9-7-13/h2-9,15H,10H2,1H3,(H,19,22). The Morgan fingerprint density at radius 2 is 1.68 bits per heavy atom. The second-order valence-corrected chi connectivity index (χ2v) is 5.34. The van der Waals surface area contributed by atoms with E-state index in [1.54, 1.807) is 0 Å². The van der Waals surface area contributed by atoms with Gasteiger partial charge in [-0.15, -0.1) is 0 Å². The van der Waals surface area contributed by atoms with Crippen molar-refractivity contribution in [1.82, 2.24) is 10.2 Å². The topological polar surface area (TPSA) is 49.4 Å². The van der Waals surface area contributed by atoms with E-state index < -0.39 is 12.1 Å². The van der Waals surface area contributed by atoms with Crippen molar-refractivity contribution in [3.63, 3.8) is 0 Å². The van der Waals surface area contributed by atoms with E-state index >= 15 is 0 Å². The molecule has 1 atom stereocenters. The number of hydrogen-bond donors (Lipinski definition) is 1. The van der Waals surface area contributed by atoms with Crippen molar-refractivity contribution in [3.05, 3.63) is 71.0 Å². The van der Waals surface area contributed by atoms with Gasteiger partial charge in [0.25, 0.3) is 5.91 Å². The molecular weight excluding hydrogens is 283 g/mol. The Kier molecular flexibility index (Phi) is 3.63. The number of benzene rings is 2. The van der Waals surface area contributed by atoms with Crippen molar-refractivity contribution in [2.24, 2.45) is 0 Å². The molecule has 0 radical (unpaired) electrons. The molecule has 0 spiro atoms. The van der Waals surface area contributed by atoms with Crippen LogP contribution in [0.3, 0.4) is 0 Å². The Bertz CT molecular complexity index is 710. The van der Waals surface area contributed by atoms with Gasteiger partial charge in [0.15, 0.2) is 0 Å². The molecule has 22 heavy (non-hydrogen) atoms. The first kappa shape index (κ1) is 14.3. The molecule has 3 amide bonds. The number of aryl methyl sites for hydroxylation is 1. The SMILES string of the molecule is Cc1ccc(CN2C(=O)NC(c3ccc(F)cc3)C2=O)cc1. The minimum absolute atomic E-state index is 0.225. The molecule has 112 valence electrons. The fraction of sp³-hybridized carbons (Fsp3) is 0.176. The zero-order chi connectivity index (χ0) is 15.7. The van der Waals surface area contributed by atoms with Crippen LogP contribution in [0.1, 0.15) is 22.7 Å². The van der Waals surface area contributed by atoms with E-state index in [1.807, 2.05) is 31.2 Å². The molecule has 4 nitrogen and oxygen atoms in total.